The third-order valence-electron chi connectivity index (χ3n) is 6.60. The first-order chi connectivity index (χ1) is 18.8. The van der Waals surface area contributed by atoms with E-state index >= 15 is 4.39 Å². The van der Waals surface area contributed by atoms with Crippen molar-refractivity contribution in [1.82, 2.24) is 25.1 Å². The third kappa shape index (κ3) is 5.89. The summed E-state index contributed by atoms with van der Waals surface area (Å²) in [6, 6.07) is 7.37. The highest BCUT2D eigenvalue weighted by Crippen LogP contribution is 2.42. The number of piperazine rings is 1. The lowest BCUT2D eigenvalue weighted by molar-refractivity contribution is -0.123. The van der Waals surface area contributed by atoms with Crippen LogP contribution < -0.4 is 9.64 Å². The van der Waals surface area contributed by atoms with Crippen LogP contribution in [0.25, 0.3) is 32.9 Å². The molecule has 0 spiro atoms. The number of methoxy groups -OCH3 is 2. The van der Waals surface area contributed by atoms with Crippen molar-refractivity contribution in [2.75, 3.05) is 59.0 Å². The van der Waals surface area contributed by atoms with Gasteiger partial charge < -0.3 is 24.0 Å². The summed E-state index contributed by atoms with van der Waals surface area (Å²) < 4.78 is 32.6. The van der Waals surface area contributed by atoms with E-state index in [4.69, 9.17) is 31.1 Å². The summed E-state index contributed by atoms with van der Waals surface area (Å²) in [6.45, 7) is 6.57. The number of aromatic amines is 1. The minimum atomic E-state index is -0.608. The summed E-state index contributed by atoms with van der Waals surface area (Å²) in [6.07, 6.45) is 1.07. The Labute approximate surface area is 231 Å². The van der Waals surface area contributed by atoms with Crippen LogP contribution in [0.2, 0.25) is 5.02 Å². The molecular weight excluding hydrogens is 525 g/mol. The van der Waals surface area contributed by atoms with E-state index in [0.717, 1.165) is 42.6 Å². The zero-order valence-electron chi connectivity index (χ0n) is 22.6. The molecule has 0 atom stereocenters. The number of nitrogens with zero attached hydrogens (tertiary/aromatic N) is 6. The number of hydrogen-bond acceptors (Lipinski definition) is 9. The van der Waals surface area contributed by atoms with E-state index in [2.05, 4.69) is 37.0 Å². The maximum atomic E-state index is 16.4. The maximum Gasteiger partial charge on any atom is 0.319 e. The van der Waals surface area contributed by atoms with Crippen molar-refractivity contribution in [3.63, 3.8) is 0 Å². The maximum absolute atomic E-state index is 16.4. The van der Waals surface area contributed by atoms with Crippen molar-refractivity contribution in [2.24, 2.45) is 0 Å². The van der Waals surface area contributed by atoms with E-state index in [1.165, 1.54) is 21.1 Å². The normalized spacial score (nSPS) is 14.0. The molecule has 2 aromatic heterocycles. The number of benzene rings is 2. The smallest absolute Gasteiger partial charge is 0.319 e. The topological polar surface area (TPSA) is 112 Å². The Bertz CT molecular complexity index is 1490. The molecule has 1 N–H and O–H groups in total. The first-order valence-corrected chi connectivity index (χ1v) is 12.8. The van der Waals surface area contributed by atoms with Crippen LogP contribution in [0.3, 0.4) is 0 Å². The number of H-pyrrole nitrogens is 1. The van der Waals surface area contributed by atoms with Crippen LogP contribution >= 0.6 is 11.6 Å². The van der Waals surface area contributed by atoms with Crippen molar-refractivity contribution in [3.05, 3.63) is 40.8 Å². The van der Waals surface area contributed by atoms with E-state index in [-0.39, 0.29) is 28.7 Å². The zero-order valence-corrected chi connectivity index (χ0v) is 23.3. The lowest BCUT2D eigenvalue weighted by Gasteiger charge is -2.34. The summed E-state index contributed by atoms with van der Waals surface area (Å²) in [7, 11) is 5.10. The van der Waals surface area contributed by atoms with Gasteiger partial charge in [0.1, 0.15) is 17.9 Å². The number of hydrogen-bond donors (Lipinski definition) is 1. The molecule has 39 heavy (non-hydrogen) atoms. The molecule has 2 aromatic carbocycles. The van der Waals surface area contributed by atoms with Crippen molar-refractivity contribution >= 4 is 39.2 Å². The van der Waals surface area contributed by atoms with E-state index in [1.807, 2.05) is 19.1 Å². The molecule has 1 aliphatic heterocycles. The van der Waals surface area contributed by atoms with Gasteiger partial charge >= 0.3 is 6.01 Å². The molecule has 4 aromatic rings. The number of ether oxygens (including phenoxy) is 3. The average Bonchev–Trinajstić information content (AvgIpc) is 3.40. The molecule has 0 saturated carbocycles. The standard InChI is InChI=1S/C25H28ClFN6O3.C2H3N/c1-14-5-6-18-16(12-28-31-18)20(14)21-17(26)11-15-23(22(21)27)29-25(36-13-19(34-3)35-4)30-24(15)33-9-7-32(2)8-10-33;1-2-3/h5-6,11-12,19H,7-10,13H2,1-4H3,(H,28,31);1H3. The van der Waals surface area contributed by atoms with Gasteiger partial charge in [0.15, 0.2) is 12.1 Å². The minimum absolute atomic E-state index is 0.0425. The summed E-state index contributed by atoms with van der Waals surface area (Å²) in [5.41, 5.74) is 2.75. The zero-order chi connectivity index (χ0) is 28.1. The molecule has 0 amide bonds. The molecule has 10 nitrogen and oxygen atoms in total. The second-order valence-electron chi connectivity index (χ2n) is 9.09. The Kier molecular flexibility index (Phi) is 9.14. The Morgan fingerprint density at radius 1 is 1.13 bits per heavy atom. The van der Waals surface area contributed by atoms with Gasteiger partial charge in [-0.2, -0.15) is 20.3 Å². The number of anilines is 1. The second kappa shape index (κ2) is 12.5. The molecule has 0 bridgehead atoms. The van der Waals surface area contributed by atoms with Crippen molar-refractivity contribution < 1.29 is 18.6 Å². The Balaban J connectivity index is 0.00000112. The fourth-order valence-corrected chi connectivity index (χ4v) is 4.83. The summed E-state index contributed by atoms with van der Waals surface area (Å²) in [4.78, 5) is 13.5. The van der Waals surface area contributed by atoms with Gasteiger partial charge in [-0.1, -0.05) is 17.7 Å². The molecule has 12 heteroatoms. The highest BCUT2D eigenvalue weighted by atomic mass is 35.5. The fourth-order valence-electron chi connectivity index (χ4n) is 4.55. The van der Waals surface area contributed by atoms with Crippen LogP contribution in [0.1, 0.15) is 12.5 Å². The Hall–Kier alpha value is -3.56. The molecule has 1 saturated heterocycles. The highest BCUT2D eigenvalue weighted by molar-refractivity contribution is 6.35. The van der Waals surface area contributed by atoms with Crippen molar-refractivity contribution in [3.8, 4) is 23.2 Å². The number of nitriles is 1. The summed E-state index contributed by atoms with van der Waals surface area (Å²) >= 11 is 6.78. The van der Waals surface area contributed by atoms with Crippen LogP contribution in [0.4, 0.5) is 10.2 Å². The predicted molar refractivity (Wildman–Crippen MR) is 149 cm³/mol. The fraction of sp³-hybridized carbons (Fsp3) is 0.407. The van der Waals surface area contributed by atoms with Gasteiger partial charge in [0.05, 0.1) is 22.8 Å². The third-order valence-corrected chi connectivity index (χ3v) is 6.90. The minimum Gasteiger partial charge on any atom is -0.458 e. The van der Waals surface area contributed by atoms with E-state index in [1.54, 1.807) is 18.3 Å². The first kappa shape index (κ1) is 28.4. The van der Waals surface area contributed by atoms with Crippen LogP contribution in [-0.2, 0) is 9.47 Å². The number of fused-ring (bicyclic) bond motifs is 2. The van der Waals surface area contributed by atoms with Gasteiger partial charge in [-0.15, -0.1) is 0 Å². The SMILES string of the molecule is CC#N.COC(COc1nc(N2CCN(C)CC2)c2cc(Cl)c(-c3c(C)ccc4[nH]ncc34)c(F)c2n1)OC. The van der Waals surface area contributed by atoms with Gasteiger partial charge in [0.25, 0.3) is 0 Å². The molecule has 5 rings (SSSR count). The molecule has 0 radical (unpaired) electrons. The number of aryl methyl sites for hydroxylation is 1. The number of rotatable bonds is 7. The largest absolute Gasteiger partial charge is 0.458 e. The van der Waals surface area contributed by atoms with E-state index in [9.17, 15) is 0 Å². The lowest BCUT2D eigenvalue weighted by atomic mass is 9.95. The molecular formula is C27H31ClFN7O3. The van der Waals surface area contributed by atoms with Gasteiger partial charge in [0.2, 0.25) is 0 Å². The Morgan fingerprint density at radius 2 is 1.82 bits per heavy atom. The monoisotopic (exact) mass is 555 g/mol. The molecule has 1 aliphatic rings. The molecule has 0 aliphatic carbocycles. The first-order valence-electron chi connectivity index (χ1n) is 12.4. The average molecular weight is 556 g/mol. The van der Waals surface area contributed by atoms with Crippen LogP contribution in [0, 0.1) is 24.1 Å². The molecule has 3 heterocycles. The van der Waals surface area contributed by atoms with Gasteiger partial charge in [-0.25, -0.2) is 4.39 Å². The number of likely N-dealkylation sites (N-methyl/N-ethyl adjacent to an activating group) is 1. The van der Waals surface area contributed by atoms with E-state index < -0.39 is 12.1 Å². The van der Waals surface area contributed by atoms with Gasteiger partial charge in [0, 0.05) is 69.2 Å². The molecule has 206 valence electrons. The van der Waals surface area contributed by atoms with Crippen molar-refractivity contribution in [2.45, 2.75) is 20.1 Å². The quantitative estimate of drug-likeness (QED) is 0.328. The summed E-state index contributed by atoms with van der Waals surface area (Å²) in [5, 5.41) is 16.0. The van der Waals surface area contributed by atoms with Gasteiger partial charge in [-0.3, -0.25) is 5.10 Å². The van der Waals surface area contributed by atoms with Crippen molar-refractivity contribution in [1.29, 1.82) is 5.26 Å². The Morgan fingerprint density at radius 3 is 2.49 bits per heavy atom. The van der Waals surface area contributed by atoms with Gasteiger partial charge in [-0.05, 0) is 31.7 Å². The predicted octanol–water partition coefficient (Wildman–Crippen LogP) is 4.55. The molecule has 1 fully saturated rings. The molecule has 0 unspecified atom stereocenters. The second-order valence-corrected chi connectivity index (χ2v) is 9.50. The number of aromatic nitrogens is 4. The lowest BCUT2D eigenvalue weighted by Crippen LogP contribution is -2.45. The van der Waals surface area contributed by atoms with Crippen LogP contribution in [0.5, 0.6) is 6.01 Å². The number of halogens is 2. The summed E-state index contributed by atoms with van der Waals surface area (Å²) in [5.74, 6) is 0.0482. The van der Waals surface area contributed by atoms with Crippen LogP contribution in [0.15, 0.2) is 24.4 Å². The number of nitrogens with one attached hydrogen (secondary N) is 1. The van der Waals surface area contributed by atoms with Crippen LogP contribution in [-0.4, -0.2) is 85.4 Å². The highest BCUT2D eigenvalue weighted by Gasteiger charge is 2.26. The van der Waals surface area contributed by atoms with E-state index in [0.29, 0.717) is 16.8 Å².